The van der Waals surface area contributed by atoms with Crippen LogP contribution in [0.1, 0.15) is 6.92 Å². The van der Waals surface area contributed by atoms with Crippen LogP contribution in [0, 0.1) is 0 Å². The van der Waals surface area contributed by atoms with Gasteiger partial charge in [0.15, 0.2) is 5.82 Å². The molecule has 0 bridgehead atoms. The zero-order chi connectivity index (χ0) is 21.8. The van der Waals surface area contributed by atoms with E-state index in [0.29, 0.717) is 29.5 Å². The monoisotopic (exact) mass is 416 g/mol. The number of aromatic nitrogens is 2. The maximum atomic E-state index is 13.3. The molecule has 156 valence electrons. The number of rotatable bonds is 5. The molecule has 0 radical (unpaired) electrons. The Morgan fingerprint density at radius 1 is 1.10 bits per heavy atom. The summed E-state index contributed by atoms with van der Waals surface area (Å²) >= 11 is 0. The molecule has 4 rings (SSSR count). The minimum absolute atomic E-state index is 0.0000350. The molecule has 0 aliphatic carbocycles. The van der Waals surface area contributed by atoms with Gasteiger partial charge < -0.3 is 15.0 Å². The summed E-state index contributed by atoms with van der Waals surface area (Å²) in [7, 11) is 0. The zero-order valence-corrected chi connectivity index (χ0v) is 16.8. The second kappa shape index (κ2) is 8.54. The lowest BCUT2D eigenvalue weighted by molar-refractivity contribution is -0.114. The molecule has 0 fully saturated rings. The van der Waals surface area contributed by atoms with Crippen LogP contribution in [0.5, 0.6) is 5.88 Å². The molecule has 9 heteroatoms. The van der Waals surface area contributed by atoms with Crippen LogP contribution in [0.2, 0.25) is 0 Å². The Kier molecular flexibility index (Phi) is 5.48. The smallest absolute Gasteiger partial charge is 0.388 e. The Labute approximate surface area is 179 Å². The Balaban J connectivity index is 1.73. The normalized spacial score (nSPS) is 11.8. The first kappa shape index (κ1) is 19.9. The van der Waals surface area contributed by atoms with Crippen molar-refractivity contribution in [1.29, 1.82) is 0 Å². The minimum atomic E-state index is -0.661. The molecule has 0 atom stereocenters. The number of hydrogen-bond donors (Lipinski definition) is 2. The number of benzene rings is 2. The molecular formula is C22H20N6O3. The molecule has 1 aliphatic rings. The highest BCUT2D eigenvalue weighted by molar-refractivity contribution is 5.98. The number of carbonyl (C=O) groups excluding carboxylic acids is 2. The number of nitrogens with zero attached hydrogens (tertiary/aromatic N) is 4. The van der Waals surface area contributed by atoms with E-state index in [1.165, 1.54) is 11.8 Å². The molecule has 2 amide bonds. The molecule has 1 aromatic heterocycles. The van der Waals surface area contributed by atoms with Crippen LogP contribution < -0.4 is 25.2 Å². The van der Waals surface area contributed by atoms with E-state index in [9.17, 15) is 9.59 Å². The van der Waals surface area contributed by atoms with Crippen LogP contribution in [-0.4, -0.2) is 28.6 Å². The second-order valence-corrected chi connectivity index (χ2v) is 6.59. The van der Waals surface area contributed by atoms with Crippen molar-refractivity contribution < 1.29 is 14.3 Å². The van der Waals surface area contributed by atoms with Gasteiger partial charge >= 0.3 is 6.09 Å². The summed E-state index contributed by atoms with van der Waals surface area (Å²) < 4.78 is 5.70. The van der Waals surface area contributed by atoms with Gasteiger partial charge in [-0.3, -0.25) is 10.1 Å². The molecule has 2 aromatic carbocycles. The highest BCUT2D eigenvalue weighted by Gasteiger charge is 2.29. The third-order valence-electron chi connectivity index (χ3n) is 4.46. The van der Waals surface area contributed by atoms with Gasteiger partial charge in [-0.1, -0.05) is 43.0 Å². The summed E-state index contributed by atoms with van der Waals surface area (Å²) in [5.41, 5.74) is 1.70. The molecule has 1 aliphatic heterocycles. The largest absolute Gasteiger partial charge is 0.425 e. The van der Waals surface area contributed by atoms with Gasteiger partial charge in [0, 0.05) is 13.1 Å². The summed E-state index contributed by atoms with van der Waals surface area (Å²) in [6.07, 6.45) is 0.917. The number of para-hydroxylation sites is 2. The van der Waals surface area contributed by atoms with Crippen molar-refractivity contribution in [2.24, 2.45) is 0 Å². The second-order valence-electron chi connectivity index (χ2n) is 6.59. The van der Waals surface area contributed by atoms with Gasteiger partial charge in [0.1, 0.15) is 5.69 Å². The maximum Gasteiger partial charge on any atom is 0.425 e. The Bertz CT molecular complexity index is 1080. The van der Waals surface area contributed by atoms with Crippen molar-refractivity contribution in [1.82, 2.24) is 9.97 Å². The number of amides is 2. The van der Waals surface area contributed by atoms with Crippen molar-refractivity contribution in [3.05, 3.63) is 73.4 Å². The molecule has 0 saturated carbocycles. The average Bonchev–Trinajstić information content (AvgIpc) is 3.18. The summed E-state index contributed by atoms with van der Waals surface area (Å²) in [6, 6.07) is 18.3. The number of hydrogen-bond acceptors (Lipinski definition) is 7. The molecule has 9 nitrogen and oxygen atoms in total. The van der Waals surface area contributed by atoms with Crippen molar-refractivity contribution in [2.45, 2.75) is 6.92 Å². The summed E-state index contributed by atoms with van der Waals surface area (Å²) in [6.45, 7) is 5.48. The summed E-state index contributed by atoms with van der Waals surface area (Å²) in [5.74, 6) is 0.126. The minimum Gasteiger partial charge on any atom is -0.388 e. The molecule has 0 spiro atoms. The number of anilines is 5. The van der Waals surface area contributed by atoms with Gasteiger partial charge in [0.05, 0.1) is 18.0 Å². The fourth-order valence-electron chi connectivity index (χ4n) is 3.11. The van der Waals surface area contributed by atoms with Gasteiger partial charge in [-0.25, -0.2) is 9.69 Å². The lowest BCUT2D eigenvalue weighted by atomic mass is 10.2. The van der Waals surface area contributed by atoms with Crippen molar-refractivity contribution in [2.75, 3.05) is 27.1 Å². The third kappa shape index (κ3) is 4.15. The predicted octanol–water partition coefficient (Wildman–Crippen LogP) is 4.11. The van der Waals surface area contributed by atoms with Crippen LogP contribution in [0.15, 0.2) is 73.4 Å². The molecular weight excluding hydrogens is 396 g/mol. The van der Waals surface area contributed by atoms with E-state index >= 15 is 0 Å². The molecule has 2 N–H and O–H groups in total. The Morgan fingerprint density at radius 2 is 1.71 bits per heavy atom. The third-order valence-corrected chi connectivity index (χ3v) is 4.46. The van der Waals surface area contributed by atoms with Gasteiger partial charge in [0.25, 0.3) is 5.88 Å². The Hall–Kier alpha value is -4.40. The van der Waals surface area contributed by atoms with E-state index in [1.807, 2.05) is 36.4 Å². The van der Waals surface area contributed by atoms with Crippen molar-refractivity contribution >= 4 is 40.8 Å². The lowest BCUT2D eigenvalue weighted by Crippen LogP contribution is -2.29. The van der Waals surface area contributed by atoms with Crippen LogP contribution in [-0.2, 0) is 4.79 Å². The number of nitrogens with one attached hydrogen (secondary N) is 2. The van der Waals surface area contributed by atoms with E-state index in [-0.39, 0.29) is 17.7 Å². The molecule has 0 saturated heterocycles. The summed E-state index contributed by atoms with van der Waals surface area (Å²) in [5, 5.41) is 5.63. The maximum absolute atomic E-state index is 13.3. The van der Waals surface area contributed by atoms with E-state index in [4.69, 9.17) is 4.74 Å². The van der Waals surface area contributed by atoms with Gasteiger partial charge in [-0.05, 0) is 24.3 Å². The van der Waals surface area contributed by atoms with Crippen LogP contribution in [0.4, 0.5) is 33.6 Å². The highest BCUT2D eigenvalue weighted by Crippen LogP contribution is 2.38. The number of carbonyl (C=O) groups is 2. The molecule has 31 heavy (non-hydrogen) atoms. The topological polar surface area (TPSA) is 99.7 Å². The van der Waals surface area contributed by atoms with Crippen molar-refractivity contribution in [3.63, 3.8) is 0 Å². The lowest BCUT2D eigenvalue weighted by Gasteiger charge is -2.22. The molecule has 2 heterocycles. The Morgan fingerprint density at radius 3 is 2.26 bits per heavy atom. The summed E-state index contributed by atoms with van der Waals surface area (Å²) in [4.78, 5) is 36.5. The number of ether oxygens (including phenoxy) is 1. The van der Waals surface area contributed by atoms with Crippen LogP contribution >= 0.6 is 0 Å². The fraction of sp³-hybridized carbons (Fsp3) is 0.0909. The first-order valence-corrected chi connectivity index (χ1v) is 9.51. The first-order chi connectivity index (χ1) is 15.1. The van der Waals surface area contributed by atoms with Crippen molar-refractivity contribution in [3.8, 4) is 5.88 Å². The molecule has 0 unspecified atom stereocenters. The van der Waals surface area contributed by atoms with Gasteiger partial charge in [-0.15, -0.1) is 0 Å². The predicted molar refractivity (Wildman–Crippen MR) is 119 cm³/mol. The SMILES string of the molecule is C=CN1CNc2c(OC(=O)N(c3ccccc3)c3ccccc3)nc(NC(C)=O)nc21. The van der Waals surface area contributed by atoms with E-state index in [2.05, 4.69) is 27.2 Å². The van der Waals surface area contributed by atoms with E-state index in [0.717, 1.165) is 0 Å². The first-order valence-electron chi connectivity index (χ1n) is 9.51. The van der Waals surface area contributed by atoms with E-state index < -0.39 is 6.09 Å². The number of fused-ring (bicyclic) bond motifs is 1. The van der Waals surface area contributed by atoms with Crippen LogP contribution in [0.3, 0.4) is 0 Å². The average molecular weight is 416 g/mol. The van der Waals surface area contributed by atoms with Gasteiger partial charge in [0.2, 0.25) is 11.9 Å². The van der Waals surface area contributed by atoms with E-state index in [1.54, 1.807) is 35.4 Å². The van der Waals surface area contributed by atoms with Crippen LogP contribution in [0.25, 0.3) is 0 Å². The van der Waals surface area contributed by atoms with Gasteiger partial charge in [-0.2, -0.15) is 9.97 Å². The fourth-order valence-corrected chi connectivity index (χ4v) is 3.11. The quantitative estimate of drug-likeness (QED) is 0.646. The zero-order valence-electron chi connectivity index (χ0n) is 16.8. The highest BCUT2D eigenvalue weighted by atomic mass is 16.6. The standard InChI is InChI=1S/C22H20N6O3/c1-3-27-14-23-18-19(27)25-21(24-15(2)29)26-20(18)31-22(30)28(16-10-6-4-7-11-16)17-12-8-5-9-13-17/h3-13,23H,1,14H2,2H3,(H,24,25,26,29). The molecule has 3 aromatic rings.